The van der Waals surface area contributed by atoms with E-state index in [0.29, 0.717) is 40.4 Å². The van der Waals surface area contributed by atoms with Crippen LogP contribution in [-0.4, -0.2) is 41.8 Å². The molecule has 9 nitrogen and oxygen atoms in total. The van der Waals surface area contributed by atoms with Crippen LogP contribution in [0.2, 0.25) is 20.9 Å². The first kappa shape index (κ1) is 35.1. The number of carbonyl (C=O) groups excluding carboxylic acids is 1. The van der Waals surface area contributed by atoms with E-state index in [1.165, 1.54) is 12.4 Å². The molecule has 0 radical (unpaired) electrons. The molecule has 7 rings (SSSR count). The van der Waals surface area contributed by atoms with Crippen molar-refractivity contribution in [3.05, 3.63) is 86.4 Å². The largest absolute Gasteiger partial charge is 0.397 e. The first-order chi connectivity index (χ1) is 21.4. The van der Waals surface area contributed by atoms with Gasteiger partial charge in [0.25, 0.3) is 0 Å². The Labute approximate surface area is 280 Å². The smallest absolute Gasteiger partial charge is 0.223 e. The van der Waals surface area contributed by atoms with Gasteiger partial charge in [-0.05, 0) is 48.9 Å². The number of nitrogens with one attached hydrogen (secondary N) is 1. The Morgan fingerprint density at radius 2 is 1.39 bits per heavy atom. The molecule has 2 aromatic carbocycles. The molecule has 3 N–H and O–H groups in total. The van der Waals surface area contributed by atoms with Crippen molar-refractivity contribution in [2.24, 2.45) is 0 Å². The molecule has 0 aliphatic heterocycles. The van der Waals surface area contributed by atoms with Crippen LogP contribution in [0.4, 0.5) is 28.9 Å². The molecule has 2 saturated carbocycles. The third-order valence-corrected chi connectivity index (χ3v) is 7.45. The van der Waals surface area contributed by atoms with Crippen LogP contribution in [0.15, 0.2) is 36.7 Å². The van der Waals surface area contributed by atoms with Gasteiger partial charge in [-0.3, -0.25) is 4.79 Å². The van der Waals surface area contributed by atoms with Gasteiger partial charge in [0.2, 0.25) is 10.6 Å². The number of hydrogen-bond acceptors (Lipinski definition) is 8. The number of benzene rings is 2. The van der Waals surface area contributed by atoms with E-state index >= 15 is 0 Å². The summed E-state index contributed by atoms with van der Waals surface area (Å²) in [5.74, 6) is -3.11. The summed E-state index contributed by atoms with van der Waals surface area (Å²) in [5.41, 5.74) is 7.86. The monoisotopic (exact) mass is 716 g/mol. The lowest BCUT2D eigenvalue weighted by molar-refractivity contribution is 0.112. The average molecular weight is 718 g/mol. The number of hydrogen-bond donors (Lipinski definition) is 2. The molecule has 17 heteroatoms. The van der Waals surface area contributed by atoms with Gasteiger partial charge >= 0.3 is 0 Å². The van der Waals surface area contributed by atoms with Gasteiger partial charge < -0.3 is 15.6 Å². The summed E-state index contributed by atoms with van der Waals surface area (Å²) in [6.07, 6.45) is 7.33. The van der Waals surface area contributed by atoms with E-state index in [9.17, 15) is 22.4 Å². The summed E-state index contributed by atoms with van der Waals surface area (Å²) in [7, 11) is 0. The van der Waals surface area contributed by atoms with Crippen LogP contribution < -0.4 is 11.1 Å². The zero-order valence-electron chi connectivity index (χ0n) is 22.7. The topological polar surface area (TPSA) is 124 Å². The van der Waals surface area contributed by atoms with E-state index in [4.69, 9.17) is 52.1 Å². The summed E-state index contributed by atoms with van der Waals surface area (Å²) in [4.78, 5) is 29.4. The van der Waals surface area contributed by atoms with E-state index in [1.807, 2.05) is 4.57 Å². The molecule has 2 aliphatic carbocycles. The van der Waals surface area contributed by atoms with Crippen molar-refractivity contribution < 1.29 is 22.4 Å². The number of carbonyl (C=O) groups is 1. The Kier molecular flexibility index (Phi) is 11.3. The van der Waals surface area contributed by atoms with Crippen LogP contribution in [0, 0.1) is 23.3 Å². The number of rotatable bonds is 5. The molecule has 0 unspecified atom stereocenters. The number of anilines is 2. The minimum atomic E-state index is -0.932. The molecule has 0 spiro atoms. The second-order valence-corrected chi connectivity index (χ2v) is 11.3. The first-order valence-electron chi connectivity index (χ1n) is 13.1. The van der Waals surface area contributed by atoms with E-state index < -0.39 is 23.3 Å². The highest BCUT2D eigenvalue weighted by Gasteiger charge is 2.30. The van der Waals surface area contributed by atoms with E-state index in [1.54, 1.807) is 0 Å². The zero-order valence-corrected chi connectivity index (χ0v) is 25.7. The maximum Gasteiger partial charge on any atom is 0.223 e. The highest BCUT2D eigenvalue weighted by atomic mass is 35.5. The molecular weight excluding hydrogens is 694 g/mol. The number of aromatic nitrogens is 6. The van der Waals surface area contributed by atoms with Crippen molar-refractivity contribution in [2.45, 2.75) is 45.2 Å². The minimum Gasteiger partial charge on any atom is -0.397 e. The second-order valence-electron chi connectivity index (χ2n) is 9.91. The molecular formula is C29H24Cl4F4N8O. The molecule has 0 amide bonds. The van der Waals surface area contributed by atoms with Crippen LogP contribution in [-0.2, 0) is 0 Å². The van der Waals surface area contributed by atoms with Crippen molar-refractivity contribution in [1.29, 1.82) is 0 Å². The van der Waals surface area contributed by atoms with Gasteiger partial charge in [0.1, 0.15) is 16.1 Å². The maximum absolute atomic E-state index is 13.6. The number of imidazole rings is 1. The molecule has 242 valence electrons. The second kappa shape index (κ2) is 14.8. The molecule has 2 aliphatic rings. The van der Waals surface area contributed by atoms with Crippen molar-refractivity contribution in [3.63, 3.8) is 0 Å². The number of halogens is 8. The van der Waals surface area contributed by atoms with Gasteiger partial charge in [0.05, 0.1) is 33.5 Å². The van der Waals surface area contributed by atoms with Gasteiger partial charge in [-0.25, -0.2) is 42.5 Å². The Hall–Kier alpha value is -3.78. The van der Waals surface area contributed by atoms with Crippen LogP contribution in [0.3, 0.4) is 0 Å². The number of aldehydes is 1. The van der Waals surface area contributed by atoms with E-state index in [2.05, 4.69) is 30.2 Å². The standard InChI is InChI=1S/C14H8Cl2F2N4.C9H10F2N2.C5H2Cl2N2O.CH4/c15-12-7(5-19-14(16)21-12)13-20-10-3-8(17)9(18)4-11(10)22(13)6-1-2-6;10-6-3-8(12)9(4-7(6)11)13-5-1-2-5;6-4-3(2-10)1-8-5(7)9-4;/h3-6H,1-2H2;3-5,13H,1-2,12H2;1-2H;1H4. The fraction of sp³-hybridized carbons (Fsp3) is 0.241. The van der Waals surface area contributed by atoms with Gasteiger partial charge in [0.15, 0.2) is 29.6 Å². The summed E-state index contributed by atoms with van der Waals surface area (Å²) in [5, 5.41) is 3.32. The third kappa shape index (κ3) is 8.32. The Morgan fingerprint density at radius 3 is 1.98 bits per heavy atom. The summed E-state index contributed by atoms with van der Waals surface area (Å²) in [6, 6.07) is 4.91. The lowest BCUT2D eigenvalue weighted by atomic mass is 10.2. The average Bonchev–Trinajstić information content (AvgIpc) is 3.92. The van der Waals surface area contributed by atoms with Gasteiger partial charge in [-0.2, -0.15) is 0 Å². The van der Waals surface area contributed by atoms with E-state index in [-0.39, 0.29) is 45.6 Å². The fourth-order valence-electron chi connectivity index (χ4n) is 4.04. The molecule has 0 bridgehead atoms. The van der Waals surface area contributed by atoms with Crippen LogP contribution in [0.5, 0.6) is 0 Å². The summed E-state index contributed by atoms with van der Waals surface area (Å²) >= 11 is 22.6. The summed E-state index contributed by atoms with van der Waals surface area (Å²) < 4.78 is 54.3. The molecule has 0 saturated heterocycles. The first-order valence-corrected chi connectivity index (χ1v) is 14.7. The Morgan fingerprint density at radius 1 is 0.804 bits per heavy atom. The highest BCUT2D eigenvalue weighted by Crippen LogP contribution is 2.42. The predicted octanol–water partition coefficient (Wildman–Crippen LogP) is 8.77. The van der Waals surface area contributed by atoms with Gasteiger partial charge in [-0.15, -0.1) is 0 Å². The molecule has 5 aromatic rings. The number of nitrogens with two attached hydrogens (primary N) is 1. The van der Waals surface area contributed by atoms with Gasteiger partial charge in [-0.1, -0.05) is 30.6 Å². The molecule has 2 fully saturated rings. The van der Waals surface area contributed by atoms with E-state index in [0.717, 1.165) is 49.9 Å². The van der Waals surface area contributed by atoms with Crippen molar-refractivity contribution >= 4 is 75.1 Å². The minimum absolute atomic E-state index is 0. The third-order valence-electron chi connectivity index (χ3n) is 6.49. The van der Waals surface area contributed by atoms with Gasteiger partial charge in [0, 0.05) is 48.7 Å². The zero-order chi connectivity index (χ0) is 32.4. The summed E-state index contributed by atoms with van der Waals surface area (Å²) in [6.45, 7) is 0. The van der Waals surface area contributed by atoms with Crippen molar-refractivity contribution in [1.82, 2.24) is 29.5 Å². The van der Waals surface area contributed by atoms with Crippen LogP contribution in [0.1, 0.15) is 49.5 Å². The number of fused-ring (bicyclic) bond motifs is 1. The lowest BCUT2D eigenvalue weighted by Crippen LogP contribution is -2.05. The maximum atomic E-state index is 13.6. The normalized spacial score (nSPS) is 13.6. The molecule has 3 aromatic heterocycles. The lowest BCUT2D eigenvalue weighted by Gasteiger charge is -2.08. The molecule has 0 atom stereocenters. The Balaban J connectivity index is 0.000000171. The predicted molar refractivity (Wildman–Crippen MR) is 171 cm³/mol. The quantitative estimate of drug-likeness (QED) is 0.0608. The molecule has 46 heavy (non-hydrogen) atoms. The van der Waals surface area contributed by atoms with Crippen LogP contribution in [0.25, 0.3) is 22.4 Å². The Bertz CT molecular complexity index is 1900. The number of nitrogen functional groups attached to an aromatic ring is 1. The number of nitrogens with zero attached hydrogens (tertiary/aromatic N) is 6. The SMILES string of the molecule is C.Fc1cc2nc(-c3cnc(Cl)nc3Cl)n(C3CC3)c2cc1F.Nc1cc(F)c(F)cc1NC1CC1.O=Cc1cnc(Cl)nc1Cl. The highest BCUT2D eigenvalue weighted by molar-refractivity contribution is 6.34. The fourth-order valence-corrected chi connectivity index (χ4v) is 4.78. The van der Waals surface area contributed by atoms with Crippen molar-refractivity contribution in [2.75, 3.05) is 11.1 Å². The van der Waals surface area contributed by atoms with Crippen molar-refractivity contribution in [3.8, 4) is 11.4 Å². The molecule has 3 heterocycles. The van der Waals surface area contributed by atoms with Crippen LogP contribution >= 0.6 is 46.4 Å².